The average molecular weight is 278 g/mol. The molecule has 1 heterocycles. The van der Waals surface area contributed by atoms with Gasteiger partial charge in [0.25, 0.3) is 5.91 Å². The number of benzene rings is 1. The molecule has 1 aliphatic heterocycles. The highest BCUT2D eigenvalue weighted by molar-refractivity contribution is 5.94. The van der Waals surface area contributed by atoms with E-state index in [4.69, 9.17) is 9.47 Å². The quantitative estimate of drug-likeness (QED) is 0.796. The lowest BCUT2D eigenvalue weighted by atomic mass is 10.2. The number of carbonyl (C=O) groups excluding carboxylic acids is 2. The molecule has 0 aliphatic carbocycles. The highest BCUT2D eigenvalue weighted by Crippen LogP contribution is 2.11. The van der Waals surface area contributed by atoms with E-state index < -0.39 is 0 Å². The van der Waals surface area contributed by atoms with Crippen LogP contribution in [0.25, 0.3) is 0 Å². The van der Waals surface area contributed by atoms with E-state index in [2.05, 4.69) is 5.32 Å². The van der Waals surface area contributed by atoms with Crippen LogP contribution in [0.15, 0.2) is 24.3 Å². The third kappa shape index (κ3) is 3.63. The third-order valence-electron chi connectivity index (χ3n) is 3.09. The Balaban J connectivity index is 1.70. The fourth-order valence-electron chi connectivity index (χ4n) is 1.95. The van der Waals surface area contributed by atoms with Crippen LogP contribution < -0.4 is 10.1 Å². The third-order valence-corrected chi connectivity index (χ3v) is 3.09. The van der Waals surface area contributed by atoms with Crippen LogP contribution in [0.3, 0.4) is 0 Å². The van der Waals surface area contributed by atoms with Gasteiger partial charge in [-0.1, -0.05) is 0 Å². The molecule has 6 nitrogen and oxygen atoms in total. The number of nitrogens with zero attached hydrogens (tertiary/aromatic N) is 1. The topological polar surface area (TPSA) is 67.9 Å². The Morgan fingerprint density at radius 2 is 2.15 bits per heavy atom. The molecule has 0 unspecified atom stereocenters. The van der Waals surface area contributed by atoms with E-state index in [1.807, 2.05) is 0 Å². The zero-order valence-electron chi connectivity index (χ0n) is 11.4. The van der Waals surface area contributed by atoms with Gasteiger partial charge in [-0.15, -0.1) is 0 Å². The fraction of sp³-hybridized carbons (Fsp3) is 0.429. The molecule has 0 spiro atoms. The van der Waals surface area contributed by atoms with Gasteiger partial charge in [0, 0.05) is 18.7 Å². The lowest BCUT2D eigenvalue weighted by Gasteiger charge is -2.12. The van der Waals surface area contributed by atoms with E-state index in [9.17, 15) is 9.59 Å². The Morgan fingerprint density at radius 1 is 1.40 bits per heavy atom. The monoisotopic (exact) mass is 278 g/mol. The number of cyclic esters (lactones) is 1. The summed E-state index contributed by atoms with van der Waals surface area (Å²) >= 11 is 0. The van der Waals surface area contributed by atoms with Crippen LogP contribution in [0.1, 0.15) is 16.8 Å². The molecule has 2 amide bonds. The second kappa shape index (κ2) is 6.79. The van der Waals surface area contributed by atoms with Crippen LogP contribution in [0, 0.1) is 0 Å². The zero-order chi connectivity index (χ0) is 14.4. The first-order chi connectivity index (χ1) is 9.70. The highest BCUT2D eigenvalue weighted by Gasteiger charge is 2.20. The van der Waals surface area contributed by atoms with Gasteiger partial charge >= 0.3 is 6.09 Å². The Hall–Kier alpha value is -2.24. The predicted molar refractivity (Wildman–Crippen MR) is 72.9 cm³/mol. The summed E-state index contributed by atoms with van der Waals surface area (Å²) in [6.07, 6.45) is 0.434. The molecule has 0 atom stereocenters. The van der Waals surface area contributed by atoms with E-state index >= 15 is 0 Å². The molecule has 0 bridgehead atoms. The molecule has 2 rings (SSSR count). The summed E-state index contributed by atoms with van der Waals surface area (Å²) in [5.74, 6) is 0.589. The SMILES string of the molecule is COc1ccc(C(=O)NCCCN2CCOC2=O)cc1. The summed E-state index contributed by atoms with van der Waals surface area (Å²) in [4.78, 5) is 24.7. The van der Waals surface area contributed by atoms with Gasteiger partial charge in [0.05, 0.1) is 13.7 Å². The molecule has 1 N–H and O–H groups in total. The minimum atomic E-state index is -0.272. The number of nitrogens with one attached hydrogen (secondary N) is 1. The second-order valence-electron chi connectivity index (χ2n) is 4.44. The highest BCUT2D eigenvalue weighted by atomic mass is 16.6. The van der Waals surface area contributed by atoms with Crippen molar-refractivity contribution < 1.29 is 19.1 Å². The molecule has 0 radical (unpaired) electrons. The number of carbonyl (C=O) groups is 2. The van der Waals surface area contributed by atoms with Crippen molar-refractivity contribution in [3.05, 3.63) is 29.8 Å². The van der Waals surface area contributed by atoms with Gasteiger partial charge in [-0.2, -0.15) is 0 Å². The summed E-state index contributed by atoms with van der Waals surface area (Å²) in [7, 11) is 1.58. The Bertz CT molecular complexity index is 473. The van der Waals surface area contributed by atoms with E-state index in [1.54, 1.807) is 36.3 Å². The van der Waals surface area contributed by atoms with Gasteiger partial charge in [-0.05, 0) is 30.7 Å². The second-order valence-corrected chi connectivity index (χ2v) is 4.44. The Kier molecular flexibility index (Phi) is 4.81. The number of rotatable bonds is 6. The van der Waals surface area contributed by atoms with E-state index in [-0.39, 0.29) is 12.0 Å². The summed E-state index contributed by atoms with van der Waals surface area (Å²) < 4.78 is 9.86. The first-order valence-electron chi connectivity index (χ1n) is 6.54. The maximum atomic E-state index is 11.8. The first-order valence-corrected chi connectivity index (χ1v) is 6.54. The van der Waals surface area contributed by atoms with Gasteiger partial charge in [-0.25, -0.2) is 4.79 Å². The molecule has 1 saturated heterocycles. The van der Waals surface area contributed by atoms with Crippen molar-refractivity contribution in [2.75, 3.05) is 33.4 Å². The fourth-order valence-corrected chi connectivity index (χ4v) is 1.95. The maximum Gasteiger partial charge on any atom is 0.409 e. The van der Waals surface area contributed by atoms with Gasteiger partial charge in [0.15, 0.2) is 0 Å². The molecule has 1 aromatic carbocycles. The lowest BCUT2D eigenvalue weighted by Crippen LogP contribution is -2.30. The van der Waals surface area contributed by atoms with Crippen LogP contribution in [0.4, 0.5) is 4.79 Å². The predicted octanol–water partition coefficient (Wildman–Crippen LogP) is 1.27. The summed E-state index contributed by atoms with van der Waals surface area (Å²) in [5.41, 5.74) is 0.589. The maximum absolute atomic E-state index is 11.8. The number of hydrogen-bond donors (Lipinski definition) is 1. The average Bonchev–Trinajstić information content (AvgIpc) is 2.89. The molecule has 108 valence electrons. The van der Waals surface area contributed by atoms with Crippen LogP contribution in [0.2, 0.25) is 0 Å². The van der Waals surface area contributed by atoms with Gasteiger partial charge < -0.3 is 19.7 Å². The minimum Gasteiger partial charge on any atom is -0.497 e. The molecule has 1 fully saturated rings. The smallest absolute Gasteiger partial charge is 0.409 e. The Morgan fingerprint density at radius 3 is 2.75 bits per heavy atom. The van der Waals surface area contributed by atoms with E-state index in [0.717, 1.165) is 0 Å². The largest absolute Gasteiger partial charge is 0.497 e. The van der Waals surface area contributed by atoms with Gasteiger partial charge in [-0.3, -0.25) is 4.79 Å². The van der Waals surface area contributed by atoms with Crippen molar-refractivity contribution in [2.45, 2.75) is 6.42 Å². The van der Waals surface area contributed by atoms with E-state index in [1.165, 1.54) is 0 Å². The van der Waals surface area contributed by atoms with Crippen LogP contribution >= 0.6 is 0 Å². The van der Waals surface area contributed by atoms with Crippen LogP contribution in [0.5, 0.6) is 5.75 Å². The number of ether oxygens (including phenoxy) is 2. The van der Waals surface area contributed by atoms with Crippen LogP contribution in [-0.2, 0) is 4.74 Å². The lowest BCUT2D eigenvalue weighted by molar-refractivity contribution is 0.0952. The van der Waals surface area contributed by atoms with Crippen molar-refractivity contribution in [2.24, 2.45) is 0 Å². The first kappa shape index (κ1) is 14.2. The van der Waals surface area contributed by atoms with Crippen molar-refractivity contribution in [3.8, 4) is 5.75 Å². The molecular weight excluding hydrogens is 260 g/mol. The minimum absolute atomic E-state index is 0.128. The molecule has 20 heavy (non-hydrogen) atoms. The Labute approximate surface area is 117 Å². The van der Waals surface area contributed by atoms with Crippen molar-refractivity contribution >= 4 is 12.0 Å². The van der Waals surface area contributed by atoms with Crippen molar-refractivity contribution in [1.82, 2.24) is 10.2 Å². The van der Waals surface area contributed by atoms with Crippen LogP contribution in [-0.4, -0.2) is 50.3 Å². The molecule has 0 aromatic heterocycles. The zero-order valence-corrected chi connectivity index (χ0v) is 11.4. The van der Waals surface area contributed by atoms with Crippen molar-refractivity contribution in [3.63, 3.8) is 0 Å². The number of amides is 2. The molecule has 6 heteroatoms. The number of hydrogen-bond acceptors (Lipinski definition) is 4. The standard InChI is InChI=1S/C14H18N2O4/c1-19-12-5-3-11(4-6-12)13(17)15-7-2-8-16-9-10-20-14(16)18/h3-6H,2,7-10H2,1H3,(H,15,17). The van der Waals surface area contributed by atoms with Gasteiger partial charge in [0.2, 0.25) is 0 Å². The van der Waals surface area contributed by atoms with Gasteiger partial charge in [0.1, 0.15) is 12.4 Å². The number of methoxy groups -OCH3 is 1. The normalized spacial score (nSPS) is 14.1. The summed E-state index contributed by atoms with van der Waals surface area (Å²) in [5, 5.41) is 2.82. The molecule has 0 saturated carbocycles. The summed E-state index contributed by atoms with van der Waals surface area (Å²) in [6, 6.07) is 6.92. The van der Waals surface area contributed by atoms with E-state index in [0.29, 0.717) is 44.0 Å². The summed E-state index contributed by atoms with van der Waals surface area (Å²) in [6.45, 7) is 2.21. The molecular formula is C14H18N2O4. The van der Waals surface area contributed by atoms with Crippen molar-refractivity contribution in [1.29, 1.82) is 0 Å². The molecule has 1 aromatic rings. The molecule has 1 aliphatic rings.